The first-order valence-electron chi connectivity index (χ1n) is 12.7. The Kier molecular flexibility index (Phi) is 9.06. The van der Waals surface area contributed by atoms with Crippen molar-refractivity contribution in [2.75, 3.05) is 13.2 Å². The van der Waals surface area contributed by atoms with Crippen LogP contribution in [0.15, 0.2) is 72.8 Å². The molecule has 0 bridgehead atoms. The molecule has 1 saturated carbocycles. The third-order valence-electron chi connectivity index (χ3n) is 6.94. The van der Waals surface area contributed by atoms with Gasteiger partial charge in [-0.3, -0.25) is 0 Å². The molecule has 4 rings (SSSR count). The molecule has 2 aliphatic rings. The summed E-state index contributed by atoms with van der Waals surface area (Å²) in [5.41, 5.74) is 2.92. The maximum absolute atomic E-state index is 12.8. The highest BCUT2D eigenvalue weighted by atomic mass is 19.3. The van der Waals surface area contributed by atoms with Gasteiger partial charge in [0, 0.05) is 17.0 Å². The molecule has 1 aliphatic heterocycles. The molecule has 0 unspecified atom stereocenters. The molecular weight excluding hydrogens is 430 g/mol. The van der Waals surface area contributed by atoms with Crippen LogP contribution in [-0.4, -0.2) is 13.2 Å². The van der Waals surface area contributed by atoms with Gasteiger partial charge in [-0.1, -0.05) is 86.2 Å². The normalized spacial score (nSPS) is 26.0. The summed E-state index contributed by atoms with van der Waals surface area (Å²) in [5.74, 6) is 1.74. The van der Waals surface area contributed by atoms with Crippen molar-refractivity contribution >= 4 is 0 Å². The van der Waals surface area contributed by atoms with Crippen LogP contribution in [0.2, 0.25) is 0 Å². The minimum atomic E-state index is -2.44. The van der Waals surface area contributed by atoms with E-state index in [4.69, 9.17) is 9.47 Å². The number of hydrogen-bond donors (Lipinski definition) is 0. The van der Waals surface area contributed by atoms with Gasteiger partial charge in [0.05, 0.1) is 13.2 Å². The third kappa shape index (κ3) is 6.86. The first kappa shape index (κ1) is 24.8. The van der Waals surface area contributed by atoms with Crippen LogP contribution in [0.25, 0.3) is 11.1 Å². The topological polar surface area (TPSA) is 18.5 Å². The van der Waals surface area contributed by atoms with Crippen LogP contribution >= 0.6 is 0 Å². The average molecular weight is 467 g/mol. The van der Waals surface area contributed by atoms with Crippen LogP contribution in [0, 0.1) is 17.8 Å². The fourth-order valence-electron chi connectivity index (χ4n) is 4.78. The van der Waals surface area contributed by atoms with E-state index in [0.717, 1.165) is 22.6 Å². The molecule has 1 heterocycles. The Hall–Kier alpha value is -2.30. The Morgan fingerprint density at radius 3 is 1.85 bits per heavy atom. The molecule has 1 saturated heterocycles. The maximum atomic E-state index is 12.8. The summed E-state index contributed by atoms with van der Waals surface area (Å²) in [7, 11) is 0. The highest BCUT2D eigenvalue weighted by Gasteiger charge is 2.23. The van der Waals surface area contributed by atoms with Crippen molar-refractivity contribution in [3.05, 3.63) is 84.0 Å². The number of rotatable bonds is 8. The second-order valence-corrected chi connectivity index (χ2v) is 9.58. The Morgan fingerprint density at radius 1 is 0.765 bits per heavy atom. The molecule has 2 aromatic rings. The first-order chi connectivity index (χ1) is 16.6. The van der Waals surface area contributed by atoms with Crippen molar-refractivity contribution in [1.29, 1.82) is 0 Å². The minimum Gasteiger partial charge on any atom is -0.348 e. The molecule has 2 fully saturated rings. The quantitative estimate of drug-likeness (QED) is 0.362. The largest absolute Gasteiger partial charge is 0.348 e. The zero-order valence-corrected chi connectivity index (χ0v) is 20.0. The van der Waals surface area contributed by atoms with Gasteiger partial charge in [0.1, 0.15) is 0 Å². The van der Waals surface area contributed by atoms with Crippen LogP contribution in [-0.2, 0) is 9.47 Å². The van der Waals surface area contributed by atoms with Gasteiger partial charge in [0.15, 0.2) is 6.29 Å². The van der Waals surface area contributed by atoms with Gasteiger partial charge in [-0.25, -0.2) is 8.78 Å². The monoisotopic (exact) mass is 466 g/mol. The zero-order chi connectivity index (χ0) is 23.8. The van der Waals surface area contributed by atoms with Crippen molar-refractivity contribution in [3.8, 4) is 11.1 Å². The Morgan fingerprint density at radius 2 is 1.29 bits per heavy atom. The zero-order valence-electron chi connectivity index (χ0n) is 20.0. The number of halogens is 2. The Labute approximate surface area is 202 Å². The molecule has 0 atom stereocenters. The predicted octanol–water partition coefficient (Wildman–Crippen LogP) is 8.67. The van der Waals surface area contributed by atoms with E-state index in [1.54, 1.807) is 12.1 Å². The lowest BCUT2D eigenvalue weighted by molar-refractivity contribution is -0.197. The molecule has 34 heavy (non-hydrogen) atoms. The predicted molar refractivity (Wildman–Crippen MR) is 134 cm³/mol. The summed E-state index contributed by atoms with van der Waals surface area (Å²) in [4.78, 5) is 0. The molecule has 4 heteroatoms. The molecule has 0 N–H and O–H groups in total. The summed E-state index contributed by atoms with van der Waals surface area (Å²) in [6.07, 6.45) is 14.2. The summed E-state index contributed by atoms with van der Waals surface area (Å²) < 4.78 is 37.5. The Bertz CT molecular complexity index is 917. The van der Waals surface area contributed by atoms with Gasteiger partial charge in [-0.2, -0.15) is 0 Å². The molecular formula is C30H36F2O2. The van der Waals surface area contributed by atoms with E-state index in [1.165, 1.54) is 50.7 Å². The number of unbranched alkanes of at least 4 members (excludes halogenated alkanes) is 1. The number of hydrogen-bond acceptors (Lipinski definition) is 2. The average Bonchev–Trinajstić information content (AvgIpc) is 2.89. The van der Waals surface area contributed by atoms with Crippen LogP contribution in [0.4, 0.5) is 8.78 Å². The van der Waals surface area contributed by atoms with Gasteiger partial charge >= 0.3 is 0 Å². The van der Waals surface area contributed by atoms with Crippen molar-refractivity contribution in [1.82, 2.24) is 0 Å². The molecule has 2 nitrogen and oxygen atoms in total. The molecule has 0 radical (unpaired) electrons. The lowest BCUT2D eigenvalue weighted by Crippen LogP contribution is -2.26. The van der Waals surface area contributed by atoms with E-state index in [2.05, 4.69) is 31.2 Å². The van der Waals surface area contributed by atoms with Gasteiger partial charge in [-0.05, 0) is 55.1 Å². The summed E-state index contributed by atoms with van der Waals surface area (Å²) >= 11 is 0. The fourth-order valence-corrected chi connectivity index (χ4v) is 4.78. The first-order valence-corrected chi connectivity index (χ1v) is 12.7. The van der Waals surface area contributed by atoms with E-state index in [9.17, 15) is 8.78 Å². The van der Waals surface area contributed by atoms with Gasteiger partial charge in [0.25, 0.3) is 6.43 Å². The minimum absolute atomic E-state index is 0.0419. The maximum Gasteiger partial charge on any atom is 0.263 e. The smallest absolute Gasteiger partial charge is 0.263 e. The van der Waals surface area contributed by atoms with Gasteiger partial charge in [0.2, 0.25) is 0 Å². The van der Waals surface area contributed by atoms with E-state index in [0.29, 0.717) is 25.0 Å². The third-order valence-corrected chi connectivity index (χ3v) is 6.94. The molecule has 0 amide bonds. The van der Waals surface area contributed by atoms with Crippen LogP contribution in [0.1, 0.15) is 69.3 Å². The van der Waals surface area contributed by atoms with E-state index in [1.807, 2.05) is 24.3 Å². The van der Waals surface area contributed by atoms with Crippen molar-refractivity contribution in [2.45, 2.75) is 58.2 Å². The van der Waals surface area contributed by atoms with Crippen molar-refractivity contribution in [2.24, 2.45) is 17.8 Å². The van der Waals surface area contributed by atoms with E-state index in [-0.39, 0.29) is 11.9 Å². The van der Waals surface area contributed by atoms with Gasteiger partial charge in [-0.15, -0.1) is 0 Å². The summed E-state index contributed by atoms with van der Waals surface area (Å²) in [5, 5.41) is 0. The second kappa shape index (κ2) is 12.4. The van der Waals surface area contributed by atoms with Crippen LogP contribution in [0.5, 0.6) is 0 Å². The molecule has 0 spiro atoms. The lowest BCUT2D eigenvalue weighted by atomic mass is 9.81. The van der Waals surface area contributed by atoms with Gasteiger partial charge < -0.3 is 9.47 Å². The summed E-state index contributed by atoms with van der Waals surface area (Å²) in [6, 6.07) is 14.4. The SMILES string of the molecule is CCCC=CC1CCC(C=CC2COC(c3ccc(-c4ccc(C(F)F)cc4)cc3)OC2)CC1. The number of allylic oxidation sites excluding steroid dienone is 3. The number of alkyl halides is 2. The molecule has 0 aromatic heterocycles. The molecule has 2 aromatic carbocycles. The molecule has 1 aliphatic carbocycles. The second-order valence-electron chi connectivity index (χ2n) is 9.58. The van der Waals surface area contributed by atoms with Crippen molar-refractivity contribution in [3.63, 3.8) is 0 Å². The number of benzene rings is 2. The standard InChI is InChI=1S/C30H36F2O2/c1-2-3-4-5-22-6-8-23(9-7-22)10-11-24-20-33-30(34-21-24)28-18-14-26(15-19-28)25-12-16-27(17-13-25)29(31)32/h4-5,10-19,22-24,29-30H,2-3,6-9,20-21H2,1H3. The van der Waals surface area contributed by atoms with E-state index >= 15 is 0 Å². The fraction of sp³-hybridized carbons (Fsp3) is 0.467. The Balaban J connectivity index is 1.22. The van der Waals surface area contributed by atoms with Crippen LogP contribution < -0.4 is 0 Å². The van der Waals surface area contributed by atoms with Crippen molar-refractivity contribution < 1.29 is 18.3 Å². The molecule has 182 valence electrons. The van der Waals surface area contributed by atoms with Crippen LogP contribution in [0.3, 0.4) is 0 Å². The highest BCUT2D eigenvalue weighted by Crippen LogP contribution is 2.32. The summed E-state index contributed by atoms with van der Waals surface area (Å²) in [6.45, 7) is 3.55. The van der Waals surface area contributed by atoms with E-state index < -0.39 is 6.43 Å². The highest BCUT2D eigenvalue weighted by molar-refractivity contribution is 5.64. The number of ether oxygens (including phenoxy) is 2. The lowest BCUT2D eigenvalue weighted by Gasteiger charge is -2.29.